The summed E-state index contributed by atoms with van der Waals surface area (Å²) < 4.78 is 6.70. The average molecular weight is 318 g/mol. The molecule has 0 bridgehead atoms. The number of amides is 1. The van der Waals surface area contributed by atoms with E-state index in [1.807, 2.05) is 11.6 Å². The Kier molecular flexibility index (Phi) is 3.48. The van der Waals surface area contributed by atoms with Crippen molar-refractivity contribution in [3.8, 4) is 0 Å². The average Bonchev–Trinajstić information content (AvgIpc) is 3.05. The van der Waals surface area contributed by atoms with Crippen molar-refractivity contribution in [1.29, 1.82) is 0 Å². The van der Waals surface area contributed by atoms with Crippen LogP contribution in [0.5, 0.6) is 0 Å². The first-order valence-corrected chi connectivity index (χ1v) is 7.26. The molecule has 1 amide bonds. The van der Waals surface area contributed by atoms with Crippen molar-refractivity contribution in [1.82, 2.24) is 9.88 Å². The number of aromatic nitrogens is 1. The maximum Gasteiger partial charge on any atom is 0.404 e. The second kappa shape index (κ2) is 5.24. The molecule has 0 aromatic carbocycles. The van der Waals surface area contributed by atoms with Crippen LogP contribution in [0.25, 0.3) is 0 Å². The number of fused-ring (bicyclic) bond motifs is 3. The van der Waals surface area contributed by atoms with Crippen LogP contribution in [0.4, 0.5) is 4.79 Å². The fourth-order valence-electron chi connectivity index (χ4n) is 3.25. The van der Waals surface area contributed by atoms with Gasteiger partial charge in [0.1, 0.15) is 12.3 Å². The lowest BCUT2D eigenvalue weighted by atomic mass is 9.90. The molecule has 0 unspecified atom stereocenters. The topological polar surface area (TPSA) is 129 Å². The van der Waals surface area contributed by atoms with Crippen LogP contribution in [0.1, 0.15) is 39.0 Å². The molecule has 2 aliphatic rings. The smallest absolute Gasteiger partial charge is 0.404 e. The van der Waals surface area contributed by atoms with Crippen LogP contribution < -0.4 is 16.8 Å². The largest absolute Gasteiger partial charge is 0.445 e. The number of allylic oxidation sites excluding steroid dienone is 2. The first kappa shape index (κ1) is 15.3. The van der Waals surface area contributed by atoms with Gasteiger partial charge >= 0.3 is 6.09 Å². The summed E-state index contributed by atoms with van der Waals surface area (Å²) in [6, 6.07) is 0.147. The van der Waals surface area contributed by atoms with Gasteiger partial charge in [0.2, 0.25) is 11.6 Å². The van der Waals surface area contributed by atoms with Gasteiger partial charge in [-0.2, -0.15) is 0 Å². The molecule has 0 radical (unpaired) electrons. The number of carbonyl (C=O) groups is 3. The molecule has 0 spiro atoms. The molecule has 0 saturated heterocycles. The Labute approximate surface area is 132 Å². The highest BCUT2D eigenvalue weighted by atomic mass is 16.5. The van der Waals surface area contributed by atoms with Gasteiger partial charge in [0.25, 0.3) is 0 Å². The molecular weight excluding hydrogens is 300 g/mol. The van der Waals surface area contributed by atoms with Gasteiger partial charge < -0.3 is 26.1 Å². The summed E-state index contributed by atoms with van der Waals surface area (Å²) in [6.07, 6.45) is -0.309. The van der Waals surface area contributed by atoms with E-state index in [1.165, 1.54) is 0 Å². The van der Waals surface area contributed by atoms with E-state index in [0.29, 0.717) is 24.2 Å². The van der Waals surface area contributed by atoms with Gasteiger partial charge in [0, 0.05) is 35.8 Å². The van der Waals surface area contributed by atoms with Crippen molar-refractivity contribution in [2.75, 3.05) is 7.05 Å². The van der Waals surface area contributed by atoms with Crippen molar-refractivity contribution in [2.24, 2.45) is 11.5 Å². The molecule has 3 rings (SSSR count). The van der Waals surface area contributed by atoms with Gasteiger partial charge in [-0.05, 0) is 14.0 Å². The minimum Gasteiger partial charge on any atom is -0.445 e. The third-order valence-electron chi connectivity index (χ3n) is 4.52. The molecule has 2 heterocycles. The van der Waals surface area contributed by atoms with Gasteiger partial charge in [-0.3, -0.25) is 9.59 Å². The predicted molar refractivity (Wildman–Crippen MR) is 80.9 cm³/mol. The fourth-order valence-corrected chi connectivity index (χ4v) is 3.25. The predicted octanol–water partition coefficient (Wildman–Crippen LogP) is -0.161. The van der Waals surface area contributed by atoms with E-state index in [4.69, 9.17) is 16.2 Å². The minimum absolute atomic E-state index is 0.0581. The van der Waals surface area contributed by atoms with Crippen LogP contribution in [-0.2, 0) is 24.3 Å². The Balaban J connectivity index is 2.17. The molecule has 8 nitrogen and oxygen atoms in total. The fraction of sp³-hybridized carbons (Fsp3) is 0.400. The molecule has 1 aliphatic heterocycles. The standard InChI is InChI=1S/C15H18N4O4/c1-6-11(16)14(21)10-8(5-23-15(17)22)9-3-7(18-2)4-19(9)12(10)13(6)20/h7,18H,3-5,16H2,1-2H3,(H2,17,22)/t7-/m1/s1. The number of nitrogens with two attached hydrogens (primary N) is 2. The normalized spacial score (nSPS) is 19.8. The van der Waals surface area contributed by atoms with Crippen LogP contribution in [-0.4, -0.2) is 35.3 Å². The van der Waals surface area contributed by atoms with E-state index < -0.39 is 11.9 Å². The maximum absolute atomic E-state index is 12.6. The number of Topliss-reactive ketones (excluding diaryl/α,β-unsaturated/α-hetero) is 2. The first-order valence-electron chi connectivity index (χ1n) is 7.26. The summed E-state index contributed by atoms with van der Waals surface area (Å²) in [4.78, 5) is 36.1. The van der Waals surface area contributed by atoms with Crippen molar-refractivity contribution < 1.29 is 19.1 Å². The molecule has 122 valence electrons. The lowest BCUT2D eigenvalue weighted by Crippen LogP contribution is -2.30. The van der Waals surface area contributed by atoms with E-state index in [0.717, 1.165) is 5.69 Å². The summed E-state index contributed by atoms with van der Waals surface area (Å²) in [7, 11) is 1.83. The Morgan fingerprint density at radius 1 is 1.39 bits per heavy atom. The second-order valence-corrected chi connectivity index (χ2v) is 5.75. The third kappa shape index (κ3) is 2.14. The van der Waals surface area contributed by atoms with Gasteiger partial charge in [-0.25, -0.2) is 4.79 Å². The van der Waals surface area contributed by atoms with Crippen LogP contribution in [0.2, 0.25) is 0 Å². The highest BCUT2D eigenvalue weighted by molar-refractivity contribution is 6.26. The number of hydrogen-bond acceptors (Lipinski definition) is 6. The highest BCUT2D eigenvalue weighted by Crippen LogP contribution is 2.35. The Hall–Kier alpha value is -2.61. The summed E-state index contributed by atoms with van der Waals surface area (Å²) >= 11 is 0. The molecule has 8 heteroatoms. The second-order valence-electron chi connectivity index (χ2n) is 5.75. The summed E-state index contributed by atoms with van der Waals surface area (Å²) in [6.45, 7) is 1.96. The summed E-state index contributed by atoms with van der Waals surface area (Å²) in [5.74, 6) is -0.663. The summed E-state index contributed by atoms with van der Waals surface area (Å²) in [5.41, 5.74) is 12.9. The molecule has 1 aliphatic carbocycles. The molecule has 1 aromatic heterocycles. The number of ketones is 2. The number of hydrogen-bond donors (Lipinski definition) is 3. The maximum atomic E-state index is 12.6. The van der Waals surface area contributed by atoms with Crippen molar-refractivity contribution in [3.05, 3.63) is 33.8 Å². The minimum atomic E-state index is -0.934. The van der Waals surface area contributed by atoms with Gasteiger partial charge in [0.05, 0.1) is 11.3 Å². The lowest BCUT2D eigenvalue weighted by molar-refractivity contribution is 0.0965. The Bertz CT molecular complexity index is 775. The quantitative estimate of drug-likeness (QED) is 0.710. The lowest BCUT2D eigenvalue weighted by Gasteiger charge is -2.17. The third-order valence-corrected chi connectivity index (χ3v) is 4.52. The summed E-state index contributed by atoms with van der Waals surface area (Å²) in [5, 5.41) is 3.16. The van der Waals surface area contributed by atoms with E-state index >= 15 is 0 Å². The molecule has 0 fully saturated rings. The number of likely N-dealkylation sites (N-methyl/N-ethyl adjacent to an activating group) is 1. The Morgan fingerprint density at radius 2 is 2.09 bits per heavy atom. The van der Waals surface area contributed by atoms with Crippen molar-refractivity contribution in [2.45, 2.75) is 32.5 Å². The molecule has 23 heavy (non-hydrogen) atoms. The van der Waals surface area contributed by atoms with Crippen molar-refractivity contribution in [3.63, 3.8) is 0 Å². The number of rotatable bonds is 3. The number of nitrogens with zero attached hydrogens (tertiary/aromatic N) is 1. The van der Waals surface area contributed by atoms with E-state index in [9.17, 15) is 14.4 Å². The van der Waals surface area contributed by atoms with Gasteiger partial charge in [0.15, 0.2) is 0 Å². The van der Waals surface area contributed by atoms with Gasteiger partial charge in [-0.15, -0.1) is 0 Å². The monoisotopic (exact) mass is 318 g/mol. The highest BCUT2D eigenvalue weighted by Gasteiger charge is 2.40. The first-order chi connectivity index (χ1) is 10.9. The molecular formula is C15H18N4O4. The zero-order valence-corrected chi connectivity index (χ0v) is 12.9. The Morgan fingerprint density at radius 3 is 2.70 bits per heavy atom. The molecule has 0 saturated carbocycles. The molecule has 1 aromatic rings. The molecule has 1 atom stereocenters. The zero-order valence-electron chi connectivity index (χ0n) is 12.9. The molecule has 5 N–H and O–H groups in total. The number of carbonyl (C=O) groups excluding carboxylic acids is 3. The number of primary amides is 1. The van der Waals surface area contributed by atoms with E-state index in [1.54, 1.807) is 6.92 Å². The van der Waals surface area contributed by atoms with Crippen LogP contribution >= 0.6 is 0 Å². The van der Waals surface area contributed by atoms with Crippen LogP contribution in [0.15, 0.2) is 11.3 Å². The van der Waals surface area contributed by atoms with Crippen LogP contribution in [0.3, 0.4) is 0 Å². The van der Waals surface area contributed by atoms with E-state index in [2.05, 4.69) is 5.32 Å². The number of ether oxygens (including phenoxy) is 1. The van der Waals surface area contributed by atoms with E-state index in [-0.39, 0.29) is 35.3 Å². The van der Waals surface area contributed by atoms with Crippen LogP contribution in [0, 0.1) is 0 Å². The SMILES string of the molecule is CN[C@@H]1Cc2c(COC(N)=O)c3c(n2C1)C(=O)C(C)=C(N)C3=O. The number of nitrogens with one attached hydrogen (secondary N) is 1. The van der Waals surface area contributed by atoms with Gasteiger partial charge in [-0.1, -0.05) is 0 Å². The van der Waals surface area contributed by atoms with Crippen molar-refractivity contribution >= 4 is 17.7 Å². The zero-order chi connectivity index (χ0) is 16.9.